The molecule has 0 fully saturated rings. The fourth-order valence-corrected chi connectivity index (χ4v) is 10.6. The molecule has 0 radical (unpaired) electrons. The van der Waals surface area contributed by atoms with Gasteiger partial charge in [-0.05, 0) is 81.9 Å². The van der Waals surface area contributed by atoms with Crippen molar-refractivity contribution in [3.63, 3.8) is 0 Å². The lowest BCUT2D eigenvalue weighted by Gasteiger charge is -2.27. The molecule has 0 saturated heterocycles. The lowest BCUT2D eigenvalue weighted by atomic mass is 9.97. The number of hydrogen-bond donors (Lipinski definition) is 8. The van der Waals surface area contributed by atoms with Crippen LogP contribution in [0.15, 0.2) is 54.6 Å². The second-order valence-electron chi connectivity index (χ2n) is 17.0. The lowest BCUT2D eigenvalue weighted by molar-refractivity contribution is -0.0112. The van der Waals surface area contributed by atoms with Crippen LogP contribution in [0.5, 0.6) is 0 Å². The highest BCUT2D eigenvalue weighted by Crippen LogP contribution is 2.29. The molecule has 0 spiro atoms. The van der Waals surface area contributed by atoms with Gasteiger partial charge in [0.1, 0.15) is 6.10 Å². The third-order valence-corrected chi connectivity index (χ3v) is 15.0. The van der Waals surface area contributed by atoms with Gasteiger partial charge in [-0.2, -0.15) is 47.0 Å². The van der Waals surface area contributed by atoms with Gasteiger partial charge >= 0.3 is 0 Å². The third kappa shape index (κ3) is 30.1. The number of fused-ring (bicyclic) bond motifs is 2. The predicted octanol–water partition coefficient (Wildman–Crippen LogP) is 3.39. The zero-order chi connectivity index (χ0) is 49.6. The zero-order valence-corrected chi connectivity index (χ0v) is 44.2. The van der Waals surface area contributed by atoms with Crippen LogP contribution in [-0.4, -0.2) is 235 Å². The number of ether oxygens (including phenoxy) is 5. The fourth-order valence-electron chi connectivity index (χ4n) is 7.42. The molecule has 3 aromatic carbocycles. The van der Waals surface area contributed by atoms with E-state index in [-0.39, 0.29) is 39.6 Å². The first-order chi connectivity index (χ1) is 33.7. The van der Waals surface area contributed by atoms with E-state index in [4.69, 9.17) is 40.3 Å². The van der Waals surface area contributed by atoms with E-state index in [1.807, 2.05) is 24.3 Å². The van der Waals surface area contributed by atoms with Gasteiger partial charge < -0.3 is 65.8 Å². The smallest absolute Gasteiger partial charge is 0.100 e. The molecule has 69 heavy (non-hydrogen) atoms. The van der Waals surface area contributed by atoms with E-state index in [1.54, 1.807) is 47.0 Å². The van der Waals surface area contributed by atoms with Gasteiger partial charge in [0.2, 0.25) is 0 Å². The van der Waals surface area contributed by atoms with E-state index in [2.05, 4.69) is 40.1 Å². The molecule has 0 bridgehead atoms. The van der Waals surface area contributed by atoms with Crippen LogP contribution in [0.4, 0.5) is 0 Å². The standard InChI is InChI=1S/C50H86N4O11S4/c51-13-25-66-21-5-17-61-35-43(56)30-53(15-27-69-24-8-20-64-39-47(60)34-55)31-44(57)37-63-19-7-23-68-28-16-54(32-45(58)36-62-18-6-22-67-26-14-52)33-46(59)38-65-40-50-48-11-3-1-9-41(48)29-42-10-2-4-12-49(42)50/h1-4,9-12,29,43-47,55-60H,5-8,13-28,30-40,51-52H2. The van der Waals surface area contributed by atoms with Crippen molar-refractivity contribution in [2.75, 3.05) is 164 Å². The van der Waals surface area contributed by atoms with Gasteiger partial charge in [-0.3, -0.25) is 9.80 Å². The van der Waals surface area contributed by atoms with Crippen LogP contribution in [0.2, 0.25) is 0 Å². The number of aliphatic hydroxyl groups excluding tert-OH is 6. The Hall–Kier alpha value is -1.02. The van der Waals surface area contributed by atoms with Crippen molar-refractivity contribution in [3.05, 3.63) is 60.2 Å². The highest BCUT2D eigenvalue weighted by molar-refractivity contribution is 7.99. The van der Waals surface area contributed by atoms with Gasteiger partial charge in [0, 0.05) is 102 Å². The van der Waals surface area contributed by atoms with Crippen LogP contribution >= 0.6 is 47.0 Å². The molecule has 3 rings (SSSR count). The Morgan fingerprint density at radius 1 is 0.449 bits per heavy atom. The Labute approximate surface area is 429 Å². The van der Waals surface area contributed by atoms with Crippen molar-refractivity contribution in [1.29, 1.82) is 0 Å². The van der Waals surface area contributed by atoms with Gasteiger partial charge in [-0.25, -0.2) is 0 Å². The molecule has 0 aliphatic carbocycles. The quantitative estimate of drug-likeness (QED) is 0.0300. The van der Waals surface area contributed by atoms with Crippen molar-refractivity contribution in [2.24, 2.45) is 11.5 Å². The normalized spacial score (nSPS) is 14.3. The lowest BCUT2D eigenvalue weighted by Crippen LogP contribution is -2.42. The number of aliphatic hydroxyl groups is 6. The van der Waals surface area contributed by atoms with Crippen LogP contribution in [-0.2, 0) is 30.3 Å². The molecule has 5 unspecified atom stereocenters. The molecule has 3 aromatic rings. The number of rotatable bonds is 47. The Bertz CT molecular complexity index is 1630. The molecule has 0 amide bonds. The Kier molecular flexibility index (Phi) is 37.3. The van der Waals surface area contributed by atoms with Crippen molar-refractivity contribution in [3.8, 4) is 0 Å². The number of nitrogens with two attached hydrogens (primary N) is 2. The van der Waals surface area contributed by atoms with Gasteiger partial charge in [-0.1, -0.05) is 48.5 Å². The summed E-state index contributed by atoms with van der Waals surface area (Å²) in [6.07, 6.45) is -0.286. The summed E-state index contributed by atoms with van der Waals surface area (Å²) in [5.41, 5.74) is 12.3. The van der Waals surface area contributed by atoms with E-state index in [9.17, 15) is 25.5 Å². The Morgan fingerprint density at radius 2 is 0.797 bits per heavy atom. The van der Waals surface area contributed by atoms with E-state index in [1.165, 1.54) is 0 Å². The summed E-state index contributed by atoms with van der Waals surface area (Å²) >= 11 is 7.15. The second kappa shape index (κ2) is 41.3. The fraction of sp³-hybridized carbons (Fsp3) is 0.720. The largest absolute Gasteiger partial charge is 0.394 e. The zero-order valence-electron chi connectivity index (χ0n) is 40.9. The number of thioether (sulfide) groups is 4. The van der Waals surface area contributed by atoms with E-state index in [0.717, 1.165) is 98.8 Å². The van der Waals surface area contributed by atoms with Crippen molar-refractivity contribution in [1.82, 2.24) is 9.80 Å². The summed E-state index contributed by atoms with van der Waals surface area (Å²) in [6, 6.07) is 18.8. The third-order valence-electron chi connectivity index (χ3n) is 10.7. The van der Waals surface area contributed by atoms with Gasteiger partial charge in [-0.15, -0.1) is 0 Å². The molecule has 0 saturated carbocycles. The minimum Gasteiger partial charge on any atom is -0.394 e. The second-order valence-corrected chi connectivity index (χ2v) is 21.9. The minimum atomic E-state index is -0.855. The molecular formula is C50H86N4O11S4. The highest BCUT2D eigenvalue weighted by Gasteiger charge is 2.19. The van der Waals surface area contributed by atoms with Crippen LogP contribution in [0.3, 0.4) is 0 Å². The maximum atomic E-state index is 11.2. The van der Waals surface area contributed by atoms with Crippen molar-refractivity contribution < 1.29 is 54.3 Å². The molecule has 0 heterocycles. The maximum absolute atomic E-state index is 11.2. The summed E-state index contributed by atoms with van der Waals surface area (Å²) in [5, 5.41) is 66.8. The van der Waals surface area contributed by atoms with Crippen LogP contribution in [0.1, 0.15) is 31.2 Å². The van der Waals surface area contributed by atoms with E-state index < -0.39 is 30.5 Å². The molecular weight excluding hydrogens is 961 g/mol. The van der Waals surface area contributed by atoms with Gasteiger partial charge in [0.05, 0.1) is 70.7 Å². The van der Waals surface area contributed by atoms with Crippen LogP contribution in [0, 0.1) is 0 Å². The molecule has 19 heteroatoms. The van der Waals surface area contributed by atoms with Crippen molar-refractivity contribution in [2.45, 2.75) is 62.8 Å². The summed E-state index contributed by atoms with van der Waals surface area (Å²) < 4.78 is 29.0. The molecule has 0 aromatic heterocycles. The Morgan fingerprint density at radius 3 is 1.17 bits per heavy atom. The monoisotopic (exact) mass is 1050 g/mol. The van der Waals surface area contributed by atoms with Gasteiger partial charge in [0.25, 0.3) is 0 Å². The predicted molar refractivity (Wildman–Crippen MR) is 290 cm³/mol. The molecule has 0 aliphatic heterocycles. The molecule has 10 N–H and O–H groups in total. The molecule has 0 aliphatic rings. The van der Waals surface area contributed by atoms with Crippen LogP contribution in [0.25, 0.3) is 21.5 Å². The minimum absolute atomic E-state index is 0.119. The first kappa shape index (κ1) is 62.3. The van der Waals surface area contributed by atoms with Crippen molar-refractivity contribution >= 4 is 68.6 Å². The topological polar surface area (TPSA) is 226 Å². The highest BCUT2D eigenvalue weighted by atomic mass is 32.2. The molecule has 15 nitrogen and oxygen atoms in total. The summed E-state index contributed by atoms with van der Waals surface area (Å²) in [7, 11) is 0. The van der Waals surface area contributed by atoms with Gasteiger partial charge in [0.15, 0.2) is 0 Å². The SMILES string of the molecule is NCCSCCCOCC(O)CN(CCSCCCOCC(O)CO)CC(O)COCCCSCCN(CC(O)COCCCSCCN)CC(O)COCc1c2ccccc2cc2ccccc12. The maximum Gasteiger partial charge on any atom is 0.100 e. The number of benzene rings is 3. The summed E-state index contributed by atoms with van der Waals surface area (Å²) in [4.78, 5) is 4.15. The molecule has 396 valence electrons. The Balaban J connectivity index is 1.41. The summed E-state index contributed by atoms with van der Waals surface area (Å²) in [5.74, 6) is 7.14. The summed E-state index contributed by atoms with van der Waals surface area (Å²) in [6.45, 7) is 7.29. The first-order valence-corrected chi connectivity index (χ1v) is 29.3. The number of nitrogens with zero attached hydrogens (tertiary/aromatic N) is 2. The average Bonchev–Trinajstić information content (AvgIpc) is 3.34. The first-order valence-electron chi connectivity index (χ1n) is 24.7. The van der Waals surface area contributed by atoms with E-state index >= 15 is 0 Å². The number of hydrogen-bond acceptors (Lipinski definition) is 19. The van der Waals surface area contributed by atoms with Crippen LogP contribution < -0.4 is 11.5 Å². The van der Waals surface area contributed by atoms with E-state index in [0.29, 0.717) is 85.4 Å². The molecule has 5 atom stereocenters. The average molecular weight is 1050 g/mol.